The molecule has 1 unspecified atom stereocenters. The van der Waals surface area contributed by atoms with Crippen LogP contribution in [0.5, 0.6) is 0 Å². The van der Waals surface area contributed by atoms with Crippen LogP contribution < -0.4 is 0 Å². The van der Waals surface area contributed by atoms with Gasteiger partial charge in [-0.15, -0.1) is 0 Å². The van der Waals surface area contributed by atoms with Crippen molar-refractivity contribution in [1.29, 1.82) is 0 Å². The van der Waals surface area contributed by atoms with E-state index in [1.54, 1.807) is 17.0 Å². The van der Waals surface area contributed by atoms with Crippen LogP contribution in [0.1, 0.15) is 47.1 Å². The quantitative estimate of drug-likeness (QED) is 0.378. The molecule has 1 heterocycles. The Kier molecular flexibility index (Phi) is 7.41. The molecule has 3 nitrogen and oxygen atoms in total. The minimum absolute atomic E-state index is 0.0826. The molecular weight excluding hydrogens is 451 g/mol. The molecule has 6 heteroatoms. The third kappa shape index (κ3) is 5.82. The maximum absolute atomic E-state index is 14.0. The van der Waals surface area contributed by atoms with Crippen LogP contribution >= 0.6 is 0 Å². The Morgan fingerprint density at radius 1 is 1.00 bits per heavy atom. The number of aliphatic carboxylic acids is 1. The predicted molar refractivity (Wildman–Crippen MR) is 133 cm³/mol. The summed E-state index contributed by atoms with van der Waals surface area (Å²) >= 11 is 0. The maximum Gasteiger partial charge on any atom is 0.416 e. The average molecular weight is 480 g/mol. The van der Waals surface area contributed by atoms with E-state index in [0.29, 0.717) is 18.5 Å². The first-order chi connectivity index (χ1) is 16.7. The molecule has 182 valence electrons. The molecule has 1 aliphatic rings. The molecule has 1 atom stereocenters. The van der Waals surface area contributed by atoms with Crippen LogP contribution in [0.15, 0.2) is 66.7 Å². The fourth-order valence-corrected chi connectivity index (χ4v) is 4.73. The van der Waals surface area contributed by atoms with Crippen LogP contribution in [0, 0.1) is 6.92 Å². The molecule has 35 heavy (non-hydrogen) atoms. The van der Waals surface area contributed by atoms with Crippen LogP contribution in [0.4, 0.5) is 13.2 Å². The number of piperidine rings is 1. The van der Waals surface area contributed by atoms with E-state index in [4.69, 9.17) is 0 Å². The molecule has 1 fully saturated rings. The Morgan fingerprint density at radius 3 is 2.46 bits per heavy atom. The van der Waals surface area contributed by atoms with Gasteiger partial charge in [-0.25, -0.2) is 0 Å². The number of hydrogen-bond donors (Lipinski definition) is 1. The van der Waals surface area contributed by atoms with Gasteiger partial charge >= 0.3 is 12.1 Å². The van der Waals surface area contributed by atoms with Gasteiger partial charge < -0.3 is 5.11 Å². The van der Waals surface area contributed by atoms with Crippen LogP contribution in [-0.2, 0) is 17.5 Å². The van der Waals surface area contributed by atoms with Gasteiger partial charge in [0.05, 0.1) is 5.56 Å². The zero-order valence-electron chi connectivity index (χ0n) is 19.6. The van der Waals surface area contributed by atoms with Crippen LogP contribution in [-0.4, -0.2) is 28.6 Å². The van der Waals surface area contributed by atoms with Gasteiger partial charge in [-0.1, -0.05) is 79.2 Å². The van der Waals surface area contributed by atoms with Gasteiger partial charge in [-0.3, -0.25) is 9.69 Å². The molecule has 0 spiro atoms. The van der Waals surface area contributed by atoms with Crippen molar-refractivity contribution in [3.05, 3.63) is 94.5 Å². The summed E-state index contributed by atoms with van der Waals surface area (Å²) in [7, 11) is 0. The minimum atomic E-state index is -4.52. The van der Waals surface area contributed by atoms with Gasteiger partial charge in [0.2, 0.25) is 0 Å². The van der Waals surface area contributed by atoms with Gasteiger partial charge in [-0.2, -0.15) is 13.2 Å². The van der Waals surface area contributed by atoms with Crippen molar-refractivity contribution in [2.45, 2.75) is 44.9 Å². The number of rotatable bonds is 6. The number of nitrogens with zero attached hydrogens (tertiary/aromatic N) is 1. The minimum Gasteiger partial charge on any atom is -0.480 e. The van der Waals surface area contributed by atoms with Crippen molar-refractivity contribution < 1.29 is 23.1 Å². The molecular formula is C29H28F3NO2. The highest BCUT2D eigenvalue weighted by atomic mass is 19.4. The monoisotopic (exact) mass is 479 g/mol. The highest BCUT2D eigenvalue weighted by Gasteiger charge is 2.34. The molecule has 1 saturated heterocycles. The van der Waals surface area contributed by atoms with Gasteiger partial charge in [0, 0.05) is 6.54 Å². The lowest BCUT2D eigenvalue weighted by molar-refractivity contribution is -0.145. The van der Waals surface area contributed by atoms with Crippen molar-refractivity contribution in [3.63, 3.8) is 0 Å². The second-order valence-corrected chi connectivity index (χ2v) is 8.96. The first-order valence-electron chi connectivity index (χ1n) is 11.7. The Hall–Kier alpha value is -3.38. The Balaban J connectivity index is 1.63. The standard InChI is InChI=1S/C29H28F3NO2/c1-20-22(10-7-11-25(20)23-8-3-2-4-9-23)15-16-24-14-13-21(18-26(24)29(30,31)32)19-33-17-6-5-12-27(33)28(34)35/h2-4,7-11,13-16,18,27H,5-6,12,17,19H2,1H3,(H,34,35)/b16-15+. The summed E-state index contributed by atoms with van der Waals surface area (Å²) in [6, 6.07) is 19.3. The first-order valence-corrected chi connectivity index (χ1v) is 11.7. The molecule has 0 radical (unpaired) electrons. The van der Waals surface area contributed by atoms with E-state index in [-0.39, 0.29) is 12.1 Å². The molecule has 4 rings (SSSR count). The predicted octanol–water partition coefficient (Wildman–Crippen LogP) is 7.29. The Morgan fingerprint density at radius 2 is 1.74 bits per heavy atom. The van der Waals surface area contributed by atoms with Gasteiger partial charge in [-0.05, 0) is 65.8 Å². The number of likely N-dealkylation sites (tertiary alicyclic amines) is 1. The summed E-state index contributed by atoms with van der Waals surface area (Å²) in [4.78, 5) is 13.3. The summed E-state index contributed by atoms with van der Waals surface area (Å²) in [5.41, 5.74) is 3.76. The number of hydrogen-bond acceptors (Lipinski definition) is 2. The lowest BCUT2D eigenvalue weighted by Crippen LogP contribution is -2.44. The average Bonchev–Trinajstić information content (AvgIpc) is 2.84. The summed E-state index contributed by atoms with van der Waals surface area (Å²) in [6.45, 7) is 2.71. The lowest BCUT2D eigenvalue weighted by Gasteiger charge is -2.33. The zero-order chi connectivity index (χ0) is 25.0. The number of carboxylic acid groups (broad SMARTS) is 1. The number of carboxylic acids is 1. The Labute approximate surface area is 203 Å². The largest absolute Gasteiger partial charge is 0.480 e. The topological polar surface area (TPSA) is 40.5 Å². The van der Waals surface area contributed by atoms with Crippen molar-refractivity contribution in [3.8, 4) is 11.1 Å². The van der Waals surface area contributed by atoms with E-state index in [0.717, 1.165) is 41.2 Å². The van der Waals surface area contributed by atoms with E-state index in [1.807, 2.05) is 55.5 Å². The number of benzene rings is 3. The van der Waals surface area contributed by atoms with E-state index in [2.05, 4.69) is 0 Å². The highest BCUT2D eigenvalue weighted by molar-refractivity contribution is 5.78. The normalized spacial score (nSPS) is 17.1. The van der Waals surface area contributed by atoms with E-state index in [9.17, 15) is 23.1 Å². The lowest BCUT2D eigenvalue weighted by atomic mass is 9.95. The first kappa shape index (κ1) is 24.7. The molecule has 3 aromatic carbocycles. The van der Waals surface area contributed by atoms with Crippen LogP contribution in [0.2, 0.25) is 0 Å². The smallest absolute Gasteiger partial charge is 0.416 e. The molecule has 0 saturated carbocycles. The Bertz CT molecular complexity index is 1220. The molecule has 1 N–H and O–H groups in total. The maximum atomic E-state index is 14.0. The summed E-state index contributed by atoms with van der Waals surface area (Å²) in [5.74, 6) is -0.923. The van der Waals surface area contributed by atoms with Crippen molar-refractivity contribution in [2.24, 2.45) is 0 Å². The summed E-state index contributed by atoms with van der Waals surface area (Å²) < 4.78 is 41.9. The molecule has 3 aromatic rings. The zero-order valence-corrected chi connectivity index (χ0v) is 19.6. The van der Waals surface area contributed by atoms with Gasteiger partial charge in [0.1, 0.15) is 6.04 Å². The van der Waals surface area contributed by atoms with Crippen LogP contribution in [0.25, 0.3) is 23.3 Å². The third-order valence-electron chi connectivity index (χ3n) is 6.61. The van der Waals surface area contributed by atoms with E-state index >= 15 is 0 Å². The second kappa shape index (κ2) is 10.5. The highest BCUT2D eigenvalue weighted by Crippen LogP contribution is 2.35. The number of alkyl halides is 3. The summed E-state index contributed by atoms with van der Waals surface area (Å²) in [6.07, 6.45) is 0.879. The molecule has 0 aliphatic carbocycles. The molecule has 1 aliphatic heterocycles. The number of halogens is 3. The van der Waals surface area contributed by atoms with Crippen molar-refractivity contribution >= 4 is 18.1 Å². The molecule has 0 bridgehead atoms. The van der Waals surface area contributed by atoms with Gasteiger partial charge in [0.25, 0.3) is 0 Å². The van der Waals surface area contributed by atoms with E-state index < -0.39 is 23.8 Å². The second-order valence-electron chi connectivity index (χ2n) is 8.96. The van der Waals surface area contributed by atoms with Crippen molar-refractivity contribution in [2.75, 3.05) is 6.54 Å². The van der Waals surface area contributed by atoms with Crippen LogP contribution in [0.3, 0.4) is 0 Å². The molecule has 0 aromatic heterocycles. The SMILES string of the molecule is Cc1c(/C=C/c2ccc(CN3CCCCC3C(=O)O)cc2C(F)(F)F)cccc1-c1ccccc1. The van der Waals surface area contributed by atoms with E-state index in [1.165, 1.54) is 12.1 Å². The third-order valence-corrected chi connectivity index (χ3v) is 6.61. The fourth-order valence-electron chi connectivity index (χ4n) is 4.73. The molecule has 0 amide bonds. The van der Waals surface area contributed by atoms with Gasteiger partial charge in [0.15, 0.2) is 0 Å². The number of carbonyl (C=O) groups is 1. The van der Waals surface area contributed by atoms with Crippen molar-refractivity contribution in [1.82, 2.24) is 4.90 Å². The summed E-state index contributed by atoms with van der Waals surface area (Å²) in [5, 5.41) is 9.48. The fraction of sp³-hybridized carbons (Fsp3) is 0.276.